The van der Waals surface area contributed by atoms with Crippen molar-refractivity contribution in [3.8, 4) is 0 Å². The summed E-state index contributed by atoms with van der Waals surface area (Å²) in [6.07, 6.45) is 6.19. The van der Waals surface area contributed by atoms with Crippen molar-refractivity contribution in [3.63, 3.8) is 0 Å². The van der Waals surface area contributed by atoms with Gasteiger partial charge in [0.2, 0.25) is 0 Å². The van der Waals surface area contributed by atoms with Gasteiger partial charge >= 0.3 is 0 Å². The van der Waals surface area contributed by atoms with Gasteiger partial charge in [-0.2, -0.15) is 0 Å². The Bertz CT molecular complexity index is 731. The average Bonchev–Trinajstić information content (AvgIpc) is 2.56. The molecule has 2 heteroatoms. The maximum atomic E-state index is 8.36. The molecular weight excluding hydrogens is 280 g/mol. The highest BCUT2D eigenvalue weighted by atomic mass is 14.6. The minimum absolute atomic E-state index is 0.425. The van der Waals surface area contributed by atoms with Crippen molar-refractivity contribution in [2.45, 2.75) is 13.3 Å². The molecule has 0 aliphatic heterocycles. The summed E-state index contributed by atoms with van der Waals surface area (Å²) in [5.41, 5.74) is 11.0. The van der Waals surface area contributed by atoms with Crippen molar-refractivity contribution >= 4 is 5.71 Å². The summed E-state index contributed by atoms with van der Waals surface area (Å²) in [6, 6.07) is 18.4. The van der Waals surface area contributed by atoms with Gasteiger partial charge in [0.15, 0.2) is 0 Å². The predicted octanol–water partition coefficient (Wildman–Crippen LogP) is 4.62. The molecule has 0 aliphatic rings. The summed E-state index contributed by atoms with van der Waals surface area (Å²) in [4.78, 5) is 0. The van der Waals surface area contributed by atoms with Gasteiger partial charge in [0.25, 0.3) is 0 Å². The van der Waals surface area contributed by atoms with Crippen LogP contribution in [-0.4, -0.2) is 5.71 Å². The van der Waals surface area contributed by atoms with Crippen LogP contribution in [0.4, 0.5) is 0 Å². The minimum Gasteiger partial charge on any atom is -0.402 e. The van der Waals surface area contributed by atoms with E-state index in [9.17, 15) is 0 Å². The lowest BCUT2D eigenvalue weighted by molar-refractivity contribution is 1.19. The quantitative estimate of drug-likeness (QED) is 0.593. The van der Waals surface area contributed by atoms with Crippen LogP contribution < -0.4 is 5.73 Å². The summed E-state index contributed by atoms with van der Waals surface area (Å²) in [7, 11) is 0. The van der Waals surface area contributed by atoms with Crippen LogP contribution in [0.5, 0.6) is 0 Å². The van der Waals surface area contributed by atoms with Gasteiger partial charge < -0.3 is 5.73 Å². The molecule has 3 N–H and O–H groups in total. The molecule has 2 aromatic rings. The van der Waals surface area contributed by atoms with E-state index in [0.717, 1.165) is 17.6 Å². The number of nitrogens with one attached hydrogen (secondary N) is 1. The summed E-state index contributed by atoms with van der Waals surface area (Å²) >= 11 is 0. The first-order valence-electron chi connectivity index (χ1n) is 7.59. The molecule has 0 unspecified atom stereocenters. The van der Waals surface area contributed by atoms with Gasteiger partial charge in [-0.25, -0.2) is 0 Å². The van der Waals surface area contributed by atoms with Crippen LogP contribution in [0.25, 0.3) is 0 Å². The lowest BCUT2D eigenvalue weighted by Gasteiger charge is -2.09. The number of nitrogens with two attached hydrogens (primary N) is 1. The molecule has 0 atom stereocenters. The Balaban J connectivity index is 2.18. The molecular formula is C21H22N2. The fourth-order valence-electron chi connectivity index (χ4n) is 2.35. The van der Waals surface area contributed by atoms with Gasteiger partial charge in [0, 0.05) is 16.8 Å². The van der Waals surface area contributed by atoms with Crippen LogP contribution in [-0.2, 0) is 6.42 Å². The maximum absolute atomic E-state index is 8.36. The molecule has 0 saturated heterocycles. The van der Waals surface area contributed by atoms with E-state index in [2.05, 4.69) is 30.8 Å². The monoisotopic (exact) mass is 302 g/mol. The highest BCUT2D eigenvalue weighted by Gasteiger charge is 2.08. The van der Waals surface area contributed by atoms with Gasteiger partial charge in [-0.1, -0.05) is 79.4 Å². The molecule has 0 aromatic heterocycles. The lowest BCUT2D eigenvalue weighted by Crippen LogP contribution is -2.08. The molecule has 2 aromatic carbocycles. The van der Waals surface area contributed by atoms with E-state index in [1.807, 2.05) is 36.4 Å². The van der Waals surface area contributed by atoms with Gasteiger partial charge in [0.05, 0.1) is 5.71 Å². The third-order valence-corrected chi connectivity index (χ3v) is 3.59. The largest absolute Gasteiger partial charge is 0.402 e. The van der Waals surface area contributed by atoms with Crippen molar-refractivity contribution in [3.05, 3.63) is 107 Å². The number of hydrogen-bond acceptors (Lipinski definition) is 2. The first-order valence-corrected chi connectivity index (χ1v) is 7.59. The van der Waals surface area contributed by atoms with E-state index >= 15 is 0 Å². The Morgan fingerprint density at radius 1 is 1.04 bits per heavy atom. The van der Waals surface area contributed by atoms with Crippen LogP contribution in [0, 0.1) is 5.41 Å². The van der Waals surface area contributed by atoms with E-state index in [4.69, 9.17) is 11.1 Å². The third kappa shape index (κ3) is 4.55. The van der Waals surface area contributed by atoms with E-state index < -0.39 is 0 Å². The third-order valence-electron chi connectivity index (χ3n) is 3.59. The Hall–Kier alpha value is -2.87. The van der Waals surface area contributed by atoms with Gasteiger partial charge in [-0.3, -0.25) is 5.41 Å². The van der Waals surface area contributed by atoms with E-state index in [0.29, 0.717) is 11.4 Å². The van der Waals surface area contributed by atoms with Crippen LogP contribution in [0.3, 0.4) is 0 Å². The normalized spacial score (nSPS) is 12.0. The van der Waals surface area contributed by atoms with Gasteiger partial charge in [-0.15, -0.1) is 0 Å². The topological polar surface area (TPSA) is 49.9 Å². The first kappa shape index (κ1) is 16.5. The Morgan fingerprint density at radius 3 is 2.22 bits per heavy atom. The van der Waals surface area contributed by atoms with Crippen LogP contribution in [0.1, 0.15) is 23.6 Å². The molecule has 0 saturated carbocycles. The molecule has 0 bridgehead atoms. The number of rotatable bonds is 6. The Kier molecular flexibility index (Phi) is 5.70. The maximum Gasteiger partial charge on any atom is 0.0701 e. The number of hydrogen-bond donors (Lipinski definition) is 2. The van der Waals surface area contributed by atoms with E-state index in [-0.39, 0.29) is 0 Å². The first-order chi connectivity index (χ1) is 11.1. The highest BCUT2D eigenvalue weighted by molar-refractivity contribution is 6.12. The summed E-state index contributed by atoms with van der Waals surface area (Å²) in [5.74, 6) is 0. The van der Waals surface area contributed by atoms with E-state index in [1.165, 1.54) is 11.1 Å². The second-order valence-corrected chi connectivity index (χ2v) is 5.43. The van der Waals surface area contributed by atoms with E-state index in [1.54, 1.807) is 19.1 Å². The second-order valence-electron chi connectivity index (χ2n) is 5.43. The fourth-order valence-corrected chi connectivity index (χ4v) is 2.35. The smallest absolute Gasteiger partial charge is 0.0701 e. The molecule has 0 fully saturated rings. The number of allylic oxidation sites excluding steroid dienone is 5. The zero-order valence-electron chi connectivity index (χ0n) is 13.4. The second kappa shape index (κ2) is 7.95. The Labute approximate surface area is 138 Å². The highest BCUT2D eigenvalue weighted by Crippen LogP contribution is 2.15. The predicted molar refractivity (Wildman–Crippen MR) is 98.7 cm³/mol. The van der Waals surface area contributed by atoms with Crippen molar-refractivity contribution < 1.29 is 0 Å². The minimum atomic E-state index is 0.425. The summed E-state index contributed by atoms with van der Waals surface area (Å²) in [6.45, 7) is 5.46. The molecule has 0 aliphatic carbocycles. The zero-order chi connectivity index (χ0) is 16.7. The molecule has 2 rings (SSSR count). The van der Waals surface area contributed by atoms with Gasteiger partial charge in [-0.05, 0) is 24.5 Å². The molecule has 0 radical (unpaired) electrons. The molecule has 23 heavy (non-hydrogen) atoms. The van der Waals surface area contributed by atoms with Crippen LogP contribution in [0.2, 0.25) is 0 Å². The number of benzene rings is 2. The SMILES string of the molecule is C=C/C=C\C(C(=N)c1ccc(Cc2ccccc2)cc1)=C(/C)N. The fraction of sp³-hybridized carbons (Fsp3) is 0.0952. The van der Waals surface area contributed by atoms with Crippen LogP contribution in [0.15, 0.2) is 90.7 Å². The summed E-state index contributed by atoms with van der Waals surface area (Å²) in [5, 5.41) is 8.36. The summed E-state index contributed by atoms with van der Waals surface area (Å²) < 4.78 is 0. The molecule has 0 heterocycles. The zero-order valence-corrected chi connectivity index (χ0v) is 13.4. The molecule has 2 nitrogen and oxygen atoms in total. The Morgan fingerprint density at radius 2 is 1.65 bits per heavy atom. The average molecular weight is 302 g/mol. The van der Waals surface area contributed by atoms with Crippen molar-refractivity contribution in [1.29, 1.82) is 5.41 Å². The van der Waals surface area contributed by atoms with Crippen molar-refractivity contribution in [1.82, 2.24) is 0 Å². The standard InChI is InChI=1S/C21H22N2/c1-3-4-10-20(16(2)22)21(23)19-13-11-18(12-14-19)15-17-8-6-5-7-9-17/h3-14,23H,1,15,22H2,2H3/b10-4-,20-16-,23-21?. The molecule has 116 valence electrons. The van der Waals surface area contributed by atoms with Crippen molar-refractivity contribution in [2.24, 2.45) is 5.73 Å². The van der Waals surface area contributed by atoms with Crippen LogP contribution >= 0.6 is 0 Å². The molecule has 0 spiro atoms. The lowest BCUT2D eigenvalue weighted by atomic mass is 9.97. The van der Waals surface area contributed by atoms with Gasteiger partial charge in [0.1, 0.15) is 0 Å². The molecule has 0 amide bonds. The van der Waals surface area contributed by atoms with Crippen molar-refractivity contribution in [2.75, 3.05) is 0 Å².